The lowest BCUT2D eigenvalue weighted by Crippen LogP contribution is -2.62. The van der Waals surface area contributed by atoms with Crippen molar-refractivity contribution in [1.29, 1.82) is 0 Å². The average molecular weight is 276 g/mol. The van der Waals surface area contributed by atoms with Crippen LogP contribution in [0.4, 0.5) is 0 Å². The highest BCUT2D eigenvalue weighted by Gasteiger charge is 2.47. The fraction of sp³-hybridized carbons (Fsp3) is 1.00. The Hall–Kier alpha value is -0.200. The highest BCUT2D eigenvalue weighted by atomic mass is 16.6. The molecule has 1 aliphatic rings. The predicted molar refractivity (Wildman–Crippen MR) is 71.8 cm³/mol. The third-order valence-corrected chi connectivity index (χ3v) is 3.25. The van der Waals surface area contributed by atoms with Gasteiger partial charge in [0.2, 0.25) is 0 Å². The van der Waals surface area contributed by atoms with E-state index >= 15 is 0 Å². The molecular weight excluding hydrogens is 248 g/mol. The summed E-state index contributed by atoms with van der Waals surface area (Å²) in [6, 6.07) is 0. The van der Waals surface area contributed by atoms with Crippen molar-refractivity contribution in [3.05, 3.63) is 0 Å². The van der Waals surface area contributed by atoms with Crippen LogP contribution < -0.4 is 0 Å². The van der Waals surface area contributed by atoms with Gasteiger partial charge in [0, 0.05) is 0 Å². The maximum Gasteiger partial charge on any atom is 0.111 e. The molecule has 0 aromatic carbocycles. The molecule has 1 aliphatic heterocycles. The summed E-state index contributed by atoms with van der Waals surface area (Å²) in [5.74, 6) is 0. The van der Waals surface area contributed by atoms with Gasteiger partial charge in [0.15, 0.2) is 0 Å². The number of hydrogen-bond acceptors (Lipinski definition) is 5. The van der Waals surface area contributed by atoms with Gasteiger partial charge in [-0.2, -0.15) is 0 Å². The fourth-order valence-corrected chi connectivity index (χ4v) is 2.14. The SMILES string of the molecule is CC(C)(C)OCC1OC(C(C)(C)C)C(O)[C@@H](O)[C@@H]1O. The maximum atomic E-state index is 10.0. The van der Waals surface area contributed by atoms with Gasteiger partial charge in [-0.05, 0) is 26.2 Å². The van der Waals surface area contributed by atoms with Crippen molar-refractivity contribution in [3.8, 4) is 0 Å². The van der Waals surface area contributed by atoms with Gasteiger partial charge in [0.1, 0.15) is 24.4 Å². The maximum absolute atomic E-state index is 10.0. The minimum atomic E-state index is -1.22. The van der Waals surface area contributed by atoms with Crippen LogP contribution in [0.3, 0.4) is 0 Å². The molecule has 19 heavy (non-hydrogen) atoms. The van der Waals surface area contributed by atoms with Gasteiger partial charge in [-0.1, -0.05) is 20.8 Å². The molecule has 1 fully saturated rings. The summed E-state index contributed by atoms with van der Waals surface area (Å²) in [6.45, 7) is 11.7. The van der Waals surface area contributed by atoms with E-state index in [1.807, 2.05) is 41.5 Å². The van der Waals surface area contributed by atoms with Crippen molar-refractivity contribution in [3.63, 3.8) is 0 Å². The quantitative estimate of drug-likeness (QED) is 0.692. The summed E-state index contributed by atoms with van der Waals surface area (Å²) >= 11 is 0. The molecule has 5 atom stereocenters. The molecule has 3 N–H and O–H groups in total. The van der Waals surface area contributed by atoms with E-state index in [0.717, 1.165) is 0 Å². The Bertz CT molecular complexity index is 291. The Balaban J connectivity index is 2.77. The smallest absolute Gasteiger partial charge is 0.111 e. The van der Waals surface area contributed by atoms with E-state index in [1.54, 1.807) is 0 Å². The Morgan fingerprint density at radius 2 is 1.42 bits per heavy atom. The van der Waals surface area contributed by atoms with E-state index in [2.05, 4.69) is 0 Å². The van der Waals surface area contributed by atoms with Crippen LogP contribution in [-0.4, -0.2) is 58.0 Å². The van der Waals surface area contributed by atoms with Gasteiger partial charge in [-0.25, -0.2) is 0 Å². The molecule has 0 aromatic heterocycles. The van der Waals surface area contributed by atoms with Gasteiger partial charge < -0.3 is 24.8 Å². The van der Waals surface area contributed by atoms with Crippen molar-refractivity contribution >= 4 is 0 Å². The molecule has 0 spiro atoms. The second kappa shape index (κ2) is 5.66. The molecule has 0 aliphatic carbocycles. The highest BCUT2D eigenvalue weighted by Crippen LogP contribution is 2.33. The predicted octanol–water partition coefficient (Wildman–Crippen LogP) is 0.698. The second-order valence-corrected chi connectivity index (χ2v) is 7.36. The molecule has 3 unspecified atom stereocenters. The zero-order valence-electron chi connectivity index (χ0n) is 12.8. The van der Waals surface area contributed by atoms with E-state index < -0.39 is 30.5 Å². The van der Waals surface area contributed by atoms with E-state index in [-0.39, 0.29) is 17.6 Å². The second-order valence-electron chi connectivity index (χ2n) is 7.36. The van der Waals surface area contributed by atoms with E-state index in [1.165, 1.54) is 0 Å². The van der Waals surface area contributed by atoms with Crippen LogP contribution in [0, 0.1) is 5.41 Å². The lowest BCUT2D eigenvalue weighted by atomic mass is 9.80. The topological polar surface area (TPSA) is 79.2 Å². The number of hydrogen-bond donors (Lipinski definition) is 3. The normalized spacial score (nSPS) is 37.4. The van der Waals surface area contributed by atoms with Crippen LogP contribution in [-0.2, 0) is 9.47 Å². The molecule has 0 saturated carbocycles. The summed E-state index contributed by atoms with van der Waals surface area (Å²) in [5, 5.41) is 29.9. The molecular formula is C14H28O5. The third kappa shape index (κ3) is 4.39. The van der Waals surface area contributed by atoms with Crippen molar-refractivity contribution < 1.29 is 24.8 Å². The van der Waals surface area contributed by atoms with Crippen molar-refractivity contribution in [1.82, 2.24) is 0 Å². The zero-order chi connectivity index (χ0) is 15.0. The molecule has 0 radical (unpaired) electrons. The first-order valence-electron chi connectivity index (χ1n) is 6.77. The molecule has 0 bridgehead atoms. The lowest BCUT2D eigenvalue weighted by molar-refractivity contribution is -0.258. The lowest BCUT2D eigenvalue weighted by Gasteiger charge is -2.46. The first kappa shape index (κ1) is 16.9. The molecule has 1 rings (SSSR count). The zero-order valence-corrected chi connectivity index (χ0v) is 12.8. The van der Waals surface area contributed by atoms with Gasteiger partial charge in [-0.15, -0.1) is 0 Å². The summed E-state index contributed by atoms with van der Waals surface area (Å²) in [5.41, 5.74) is -0.679. The molecule has 5 nitrogen and oxygen atoms in total. The Labute approximate surface area is 115 Å². The minimum Gasteiger partial charge on any atom is -0.388 e. The van der Waals surface area contributed by atoms with Gasteiger partial charge in [0.25, 0.3) is 0 Å². The van der Waals surface area contributed by atoms with Crippen LogP contribution >= 0.6 is 0 Å². The summed E-state index contributed by atoms with van der Waals surface area (Å²) in [4.78, 5) is 0. The molecule has 1 saturated heterocycles. The summed E-state index contributed by atoms with van der Waals surface area (Å²) < 4.78 is 11.4. The number of ether oxygens (including phenoxy) is 2. The molecule has 0 amide bonds. The summed E-state index contributed by atoms with van der Waals surface area (Å²) in [6.07, 6.45) is -4.63. The largest absolute Gasteiger partial charge is 0.388 e. The van der Waals surface area contributed by atoms with Gasteiger partial charge in [-0.3, -0.25) is 0 Å². The fourth-order valence-electron chi connectivity index (χ4n) is 2.14. The van der Waals surface area contributed by atoms with Crippen LogP contribution in [0.15, 0.2) is 0 Å². The van der Waals surface area contributed by atoms with Gasteiger partial charge >= 0.3 is 0 Å². The van der Waals surface area contributed by atoms with E-state index in [4.69, 9.17) is 9.47 Å². The number of aliphatic hydroxyl groups is 3. The monoisotopic (exact) mass is 276 g/mol. The third-order valence-electron chi connectivity index (χ3n) is 3.25. The van der Waals surface area contributed by atoms with E-state index in [0.29, 0.717) is 0 Å². The number of aliphatic hydroxyl groups excluding tert-OH is 3. The average Bonchev–Trinajstić information content (AvgIpc) is 2.22. The molecule has 0 aromatic rings. The van der Waals surface area contributed by atoms with Gasteiger partial charge in [0.05, 0.1) is 18.3 Å². The molecule has 5 heteroatoms. The standard InChI is InChI=1S/C14H28O5/c1-13(2,3)12-11(17)10(16)9(15)8(19-12)7-18-14(4,5)6/h8-12,15-17H,7H2,1-6H3/t8?,9-,10+,11?,12?/m1/s1. The Kier molecular flexibility index (Phi) is 5.02. The highest BCUT2D eigenvalue weighted by molar-refractivity contribution is 4.96. The van der Waals surface area contributed by atoms with E-state index in [9.17, 15) is 15.3 Å². The van der Waals surface area contributed by atoms with Crippen molar-refractivity contribution in [2.75, 3.05) is 6.61 Å². The number of rotatable bonds is 2. The van der Waals surface area contributed by atoms with Crippen molar-refractivity contribution in [2.24, 2.45) is 5.41 Å². The van der Waals surface area contributed by atoms with Crippen LogP contribution in [0.25, 0.3) is 0 Å². The van der Waals surface area contributed by atoms with Crippen LogP contribution in [0.1, 0.15) is 41.5 Å². The Morgan fingerprint density at radius 3 is 1.84 bits per heavy atom. The summed E-state index contributed by atoms with van der Waals surface area (Å²) in [7, 11) is 0. The molecule has 114 valence electrons. The van der Waals surface area contributed by atoms with Crippen LogP contribution in [0.2, 0.25) is 0 Å². The first-order chi connectivity index (χ1) is 8.43. The van der Waals surface area contributed by atoms with Crippen molar-refractivity contribution in [2.45, 2.75) is 77.7 Å². The minimum absolute atomic E-state index is 0.182. The molecule has 1 heterocycles. The first-order valence-corrected chi connectivity index (χ1v) is 6.77. The van der Waals surface area contributed by atoms with Crippen LogP contribution in [0.5, 0.6) is 0 Å². The Morgan fingerprint density at radius 1 is 0.895 bits per heavy atom.